The van der Waals surface area contributed by atoms with Crippen molar-refractivity contribution < 1.29 is 9.53 Å². The van der Waals surface area contributed by atoms with E-state index in [0.717, 1.165) is 10.9 Å². The number of carbonyl (C=O) groups excluding carboxylic acids is 1. The standard InChI is InChI=1S/C14H11ClN4O2/c1-2-21-14(20)13-12(17-19-18-13)9-5-6-10-8(11(9)15)4-3-7-16-10/h3-7H,2H2,1H3,(H,17,18,19). The van der Waals surface area contributed by atoms with Gasteiger partial charge in [0, 0.05) is 17.1 Å². The molecule has 0 spiro atoms. The molecule has 0 saturated heterocycles. The summed E-state index contributed by atoms with van der Waals surface area (Å²) in [7, 11) is 0. The van der Waals surface area contributed by atoms with Crippen molar-refractivity contribution in [2.45, 2.75) is 6.92 Å². The Morgan fingerprint density at radius 2 is 2.19 bits per heavy atom. The number of carbonyl (C=O) groups is 1. The maximum absolute atomic E-state index is 11.9. The second-order valence-electron chi connectivity index (χ2n) is 4.24. The van der Waals surface area contributed by atoms with Crippen LogP contribution in [0.15, 0.2) is 30.5 Å². The first kappa shape index (κ1) is 13.5. The Kier molecular flexibility index (Phi) is 3.53. The van der Waals surface area contributed by atoms with E-state index >= 15 is 0 Å². The van der Waals surface area contributed by atoms with Gasteiger partial charge in [-0.2, -0.15) is 10.3 Å². The van der Waals surface area contributed by atoms with E-state index in [1.165, 1.54) is 0 Å². The minimum Gasteiger partial charge on any atom is -0.461 e. The molecule has 0 aliphatic rings. The summed E-state index contributed by atoms with van der Waals surface area (Å²) in [5.41, 5.74) is 1.85. The topological polar surface area (TPSA) is 80.8 Å². The lowest BCUT2D eigenvalue weighted by atomic mass is 10.1. The number of pyridine rings is 1. The Morgan fingerprint density at radius 3 is 3.00 bits per heavy atom. The van der Waals surface area contributed by atoms with E-state index in [1.54, 1.807) is 25.3 Å². The van der Waals surface area contributed by atoms with E-state index in [1.807, 2.05) is 12.1 Å². The van der Waals surface area contributed by atoms with Gasteiger partial charge >= 0.3 is 5.97 Å². The number of aromatic amines is 1. The molecule has 106 valence electrons. The first-order valence-corrected chi connectivity index (χ1v) is 6.71. The molecule has 0 radical (unpaired) electrons. The van der Waals surface area contributed by atoms with Crippen LogP contribution >= 0.6 is 11.6 Å². The number of hydrogen-bond donors (Lipinski definition) is 1. The third kappa shape index (κ3) is 2.34. The third-order valence-corrected chi connectivity index (χ3v) is 3.40. The molecular weight excluding hydrogens is 292 g/mol. The number of rotatable bonds is 3. The van der Waals surface area contributed by atoms with Crippen LogP contribution in [0.1, 0.15) is 17.4 Å². The number of fused-ring (bicyclic) bond motifs is 1. The van der Waals surface area contributed by atoms with Crippen molar-refractivity contribution in [2.75, 3.05) is 6.61 Å². The average molecular weight is 303 g/mol. The van der Waals surface area contributed by atoms with Crippen LogP contribution < -0.4 is 0 Å². The van der Waals surface area contributed by atoms with Gasteiger partial charge in [0.05, 0.1) is 17.1 Å². The van der Waals surface area contributed by atoms with Gasteiger partial charge in [-0.1, -0.05) is 11.6 Å². The lowest BCUT2D eigenvalue weighted by molar-refractivity contribution is 0.0520. The van der Waals surface area contributed by atoms with Crippen LogP contribution in [-0.4, -0.2) is 33.0 Å². The highest BCUT2D eigenvalue weighted by Crippen LogP contribution is 2.33. The summed E-state index contributed by atoms with van der Waals surface area (Å²) in [4.78, 5) is 16.1. The van der Waals surface area contributed by atoms with Crippen molar-refractivity contribution in [3.8, 4) is 11.3 Å². The van der Waals surface area contributed by atoms with E-state index in [2.05, 4.69) is 20.4 Å². The minimum atomic E-state index is -0.538. The molecule has 0 amide bonds. The van der Waals surface area contributed by atoms with Crippen molar-refractivity contribution in [1.29, 1.82) is 0 Å². The highest BCUT2D eigenvalue weighted by atomic mass is 35.5. The summed E-state index contributed by atoms with van der Waals surface area (Å²) < 4.78 is 4.96. The molecule has 3 rings (SSSR count). The quantitative estimate of drug-likeness (QED) is 0.752. The molecule has 2 aromatic heterocycles. The van der Waals surface area contributed by atoms with Gasteiger partial charge in [-0.25, -0.2) is 4.79 Å². The van der Waals surface area contributed by atoms with Gasteiger partial charge in [0.15, 0.2) is 5.69 Å². The predicted octanol–water partition coefficient (Wildman–Crippen LogP) is 2.85. The van der Waals surface area contributed by atoms with Crippen LogP contribution in [-0.2, 0) is 4.74 Å². The molecule has 1 aromatic carbocycles. The summed E-state index contributed by atoms with van der Waals surface area (Å²) in [6.07, 6.45) is 1.69. The first-order chi connectivity index (χ1) is 10.2. The number of benzene rings is 1. The Labute approximate surface area is 125 Å². The summed E-state index contributed by atoms with van der Waals surface area (Å²) >= 11 is 6.41. The van der Waals surface area contributed by atoms with Crippen LogP contribution in [0.25, 0.3) is 22.2 Å². The summed E-state index contributed by atoms with van der Waals surface area (Å²) in [6.45, 7) is 1.99. The van der Waals surface area contributed by atoms with Crippen LogP contribution in [0.4, 0.5) is 0 Å². The van der Waals surface area contributed by atoms with Crippen molar-refractivity contribution in [3.63, 3.8) is 0 Å². The third-order valence-electron chi connectivity index (χ3n) is 2.99. The van der Waals surface area contributed by atoms with E-state index in [9.17, 15) is 4.79 Å². The van der Waals surface area contributed by atoms with Gasteiger partial charge in [-0.3, -0.25) is 4.98 Å². The Balaban J connectivity index is 2.16. The van der Waals surface area contributed by atoms with Crippen molar-refractivity contribution in [2.24, 2.45) is 0 Å². The van der Waals surface area contributed by atoms with Crippen LogP contribution in [0.2, 0.25) is 5.02 Å². The number of nitrogens with zero attached hydrogens (tertiary/aromatic N) is 3. The molecule has 21 heavy (non-hydrogen) atoms. The molecule has 1 N–H and O–H groups in total. The van der Waals surface area contributed by atoms with Crippen LogP contribution in [0.5, 0.6) is 0 Å². The molecule has 7 heteroatoms. The maximum Gasteiger partial charge on any atom is 0.361 e. The minimum absolute atomic E-state index is 0.113. The predicted molar refractivity (Wildman–Crippen MR) is 78.1 cm³/mol. The zero-order chi connectivity index (χ0) is 14.8. The lowest BCUT2D eigenvalue weighted by Crippen LogP contribution is -2.06. The molecule has 3 aromatic rings. The normalized spacial score (nSPS) is 10.8. The zero-order valence-electron chi connectivity index (χ0n) is 11.1. The molecule has 0 aliphatic heterocycles. The summed E-state index contributed by atoms with van der Waals surface area (Å²) in [5.74, 6) is -0.538. The molecular formula is C14H11ClN4O2. The SMILES string of the molecule is CCOC(=O)c1n[nH]nc1-c1ccc2ncccc2c1Cl. The molecule has 0 atom stereocenters. The molecule has 2 heterocycles. The number of hydrogen-bond acceptors (Lipinski definition) is 5. The van der Waals surface area contributed by atoms with E-state index in [0.29, 0.717) is 16.3 Å². The largest absolute Gasteiger partial charge is 0.461 e. The number of ether oxygens (including phenoxy) is 1. The summed E-state index contributed by atoms with van der Waals surface area (Å²) in [5, 5.41) is 11.6. The second kappa shape index (κ2) is 5.49. The zero-order valence-corrected chi connectivity index (χ0v) is 11.9. The van der Waals surface area contributed by atoms with Gasteiger partial charge in [0.1, 0.15) is 5.69 Å². The van der Waals surface area contributed by atoms with Crippen molar-refractivity contribution in [3.05, 3.63) is 41.2 Å². The number of halogens is 1. The van der Waals surface area contributed by atoms with Gasteiger partial charge in [-0.15, -0.1) is 5.10 Å². The number of esters is 1. The van der Waals surface area contributed by atoms with Crippen molar-refractivity contribution >= 4 is 28.5 Å². The lowest BCUT2D eigenvalue weighted by Gasteiger charge is -2.06. The fourth-order valence-corrected chi connectivity index (χ4v) is 2.37. The Hall–Kier alpha value is -2.47. The number of H-pyrrole nitrogens is 1. The molecule has 6 nitrogen and oxygen atoms in total. The molecule has 0 bridgehead atoms. The molecule has 0 aliphatic carbocycles. The second-order valence-corrected chi connectivity index (χ2v) is 4.62. The van der Waals surface area contributed by atoms with Gasteiger partial charge in [-0.05, 0) is 31.2 Å². The maximum atomic E-state index is 11.9. The highest BCUT2D eigenvalue weighted by molar-refractivity contribution is 6.38. The van der Waals surface area contributed by atoms with Gasteiger partial charge in [0.25, 0.3) is 0 Å². The smallest absolute Gasteiger partial charge is 0.361 e. The van der Waals surface area contributed by atoms with Gasteiger partial charge in [0.2, 0.25) is 0 Å². The fourth-order valence-electron chi connectivity index (χ4n) is 2.06. The van der Waals surface area contributed by atoms with Crippen molar-refractivity contribution in [1.82, 2.24) is 20.4 Å². The Morgan fingerprint density at radius 1 is 1.33 bits per heavy atom. The number of aromatic nitrogens is 4. The molecule has 0 unspecified atom stereocenters. The summed E-state index contributed by atoms with van der Waals surface area (Å²) in [6, 6.07) is 7.24. The number of nitrogens with one attached hydrogen (secondary N) is 1. The average Bonchev–Trinajstić information content (AvgIpc) is 2.97. The molecule has 0 saturated carbocycles. The van der Waals surface area contributed by atoms with E-state index in [-0.39, 0.29) is 12.3 Å². The highest BCUT2D eigenvalue weighted by Gasteiger charge is 2.21. The van der Waals surface area contributed by atoms with Crippen LogP contribution in [0.3, 0.4) is 0 Å². The first-order valence-electron chi connectivity index (χ1n) is 6.34. The molecule has 0 fully saturated rings. The fraction of sp³-hybridized carbons (Fsp3) is 0.143. The van der Waals surface area contributed by atoms with Crippen LogP contribution in [0, 0.1) is 0 Å². The monoisotopic (exact) mass is 302 g/mol. The van der Waals surface area contributed by atoms with E-state index < -0.39 is 5.97 Å². The van der Waals surface area contributed by atoms with E-state index in [4.69, 9.17) is 16.3 Å². The van der Waals surface area contributed by atoms with Gasteiger partial charge < -0.3 is 4.74 Å². The Bertz CT molecular complexity index is 816.